The van der Waals surface area contributed by atoms with Gasteiger partial charge >= 0.3 is 0 Å². The van der Waals surface area contributed by atoms with Crippen molar-refractivity contribution in [3.8, 4) is 0 Å². The van der Waals surface area contributed by atoms with E-state index in [2.05, 4.69) is 19.2 Å². The number of benzene rings is 1. The van der Waals surface area contributed by atoms with Crippen LogP contribution < -0.4 is 5.32 Å². The predicted octanol–water partition coefficient (Wildman–Crippen LogP) is 5.12. The molecule has 0 saturated heterocycles. The highest BCUT2D eigenvalue weighted by molar-refractivity contribution is 6.40. The van der Waals surface area contributed by atoms with Crippen LogP contribution in [0, 0.1) is 0 Å². The van der Waals surface area contributed by atoms with Crippen LogP contribution in [0.15, 0.2) is 16.5 Å². The second kappa shape index (κ2) is 5.01. The summed E-state index contributed by atoms with van der Waals surface area (Å²) in [6.45, 7) is 4.98. The summed E-state index contributed by atoms with van der Waals surface area (Å²) in [6.07, 6.45) is 2.43. The first-order valence-corrected chi connectivity index (χ1v) is 7.46. The molecule has 1 N–H and O–H groups in total. The van der Waals surface area contributed by atoms with Crippen molar-refractivity contribution in [3.05, 3.63) is 33.5 Å². The molecule has 2 aromatic rings. The first kappa shape index (κ1) is 13.3. The van der Waals surface area contributed by atoms with Crippen LogP contribution in [0.1, 0.15) is 43.9 Å². The zero-order valence-electron chi connectivity index (χ0n) is 11.1. The van der Waals surface area contributed by atoms with Crippen molar-refractivity contribution in [2.45, 2.75) is 45.2 Å². The maximum Gasteiger partial charge on any atom is 0.154 e. The molecule has 0 aliphatic heterocycles. The Morgan fingerprint density at radius 2 is 1.95 bits per heavy atom. The highest BCUT2D eigenvalue weighted by atomic mass is 35.5. The largest absolute Gasteiger partial charge is 0.458 e. The zero-order chi connectivity index (χ0) is 13.6. The van der Waals surface area contributed by atoms with Crippen LogP contribution in [0.4, 0.5) is 0 Å². The van der Waals surface area contributed by atoms with Crippen molar-refractivity contribution < 1.29 is 4.42 Å². The van der Waals surface area contributed by atoms with Gasteiger partial charge in [-0.05, 0) is 30.9 Å². The third kappa shape index (κ3) is 2.49. The molecule has 1 aliphatic carbocycles. The minimum atomic E-state index is 0.422. The van der Waals surface area contributed by atoms with Crippen molar-refractivity contribution >= 4 is 34.2 Å². The molecule has 0 spiro atoms. The van der Waals surface area contributed by atoms with Crippen molar-refractivity contribution in [1.29, 1.82) is 0 Å². The van der Waals surface area contributed by atoms with Gasteiger partial charge in [-0.1, -0.05) is 37.0 Å². The molecule has 19 heavy (non-hydrogen) atoms. The number of nitrogens with one attached hydrogen (secondary N) is 1. The molecule has 1 heterocycles. The second-order valence-electron chi connectivity index (χ2n) is 5.48. The van der Waals surface area contributed by atoms with Crippen molar-refractivity contribution in [1.82, 2.24) is 5.32 Å². The molecule has 1 aromatic carbocycles. The molecular weight excluding hydrogens is 281 g/mol. The molecule has 0 bridgehead atoms. The Morgan fingerprint density at radius 3 is 2.58 bits per heavy atom. The SMILES string of the molecule is CC(C)NCc1oc2c(Cl)ccc(Cl)c2c1C1CC1. The molecule has 102 valence electrons. The molecule has 1 fully saturated rings. The van der Waals surface area contributed by atoms with Crippen molar-refractivity contribution in [2.75, 3.05) is 0 Å². The number of hydrogen-bond donors (Lipinski definition) is 1. The molecule has 0 unspecified atom stereocenters. The van der Waals surface area contributed by atoms with E-state index in [4.69, 9.17) is 27.6 Å². The van der Waals surface area contributed by atoms with Crippen LogP contribution in [-0.4, -0.2) is 6.04 Å². The Kier molecular flexibility index (Phi) is 3.50. The van der Waals surface area contributed by atoms with Crippen LogP contribution >= 0.6 is 23.2 Å². The van der Waals surface area contributed by atoms with Gasteiger partial charge in [0.25, 0.3) is 0 Å². The maximum atomic E-state index is 6.34. The average Bonchev–Trinajstić information content (AvgIpc) is 3.12. The van der Waals surface area contributed by atoms with Gasteiger partial charge in [-0.25, -0.2) is 0 Å². The Hall–Kier alpha value is -0.700. The Balaban J connectivity index is 2.13. The summed E-state index contributed by atoms with van der Waals surface area (Å²) in [5.41, 5.74) is 1.99. The Bertz CT molecular complexity index is 614. The fourth-order valence-electron chi connectivity index (χ4n) is 2.43. The highest BCUT2D eigenvalue weighted by Gasteiger charge is 2.32. The first-order chi connectivity index (χ1) is 9.08. The van der Waals surface area contributed by atoms with Gasteiger partial charge < -0.3 is 9.73 Å². The summed E-state index contributed by atoms with van der Waals surface area (Å²) in [6, 6.07) is 4.07. The van der Waals surface area contributed by atoms with Crippen LogP contribution in [0.2, 0.25) is 10.0 Å². The normalized spacial score (nSPS) is 15.6. The van der Waals surface area contributed by atoms with Crippen LogP contribution in [0.25, 0.3) is 11.0 Å². The Labute approximate surface area is 123 Å². The van der Waals surface area contributed by atoms with E-state index in [-0.39, 0.29) is 0 Å². The lowest BCUT2D eigenvalue weighted by molar-refractivity contribution is 0.483. The monoisotopic (exact) mass is 297 g/mol. The summed E-state index contributed by atoms with van der Waals surface area (Å²) in [5.74, 6) is 1.57. The molecule has 1 saturated carbocycles. The van der Waals surface area contributed by atoms with E-state index < -0.39 is 0 Å². The zero-order valence-corrected chi connectivity index (χ0v) is 12.6. The fourth-order valence-corrected chi connectivity index (χ4v) is 2.88. The molecule has 0 atom stereocenters. The number of furan rings is 1. The third-order valence-electron chi connectivity index (χ3n) is 3.51. The summed E-state index contributed by atoms with van der Waals surface area (Å²) in [4.78, 5) is 0. The van der Waals surface area contributed by atoms with E-state index >= 15 is 0 Å². The van der Waals surface area contributed by atoms with E-state index in [0.29, 0.717) is 17.0 Å². The molecule has 4 heteroatoms. The lowest BCUT2D eigenvalue weighted by Crippen LogP contribution is -2.22. The van der Waals surface area contributed by atoms with Crippen LogP contribution in [0.5, 0.6) is 0 Å². The molecule has 3 rings (SSSR count). The number of rotatable bonds is 4. The van der Waals surface area contributed by atoms with Gasteiger partial charge in [-0.3, -0.25) is 0 Å². The lowest BCUT2D eigenvalue weighted by atomic mass is 10.1. The van der Waals surface area contributed by atoms with Gasteiger partial charge in [0.1, 0.15) is 5.76 Å². The van der Waals surface area contributed by atoms with E-state index in [9.17, 15) is 0 Å². The smallest absolute Gasteiger partial charge is 0.154 e. The predicted molar refractivity (Wildman–Crippen MR) is 80.2 cm³/mol. The molecule has 1 aromatic heterocycles. The lowest BCUT2D eigenvalue weighted by Gasteiger charge is -2.07. The van der Waals surface area contributed by atoms with Gasteiger partial charge in [0.2, 0.25) is 0 Å². The number of hydrogen-bond acceptors (Lipinski definition) is 2. The summed E-state index contributed by atoms with van der Waals surface area (Å²) >= 11 is 12.6. The highest BCUT2D eigenvalue weighted by Crippen LogP contribution is 2.49. The van der Waals surface area contributed by atoms with Gasteiger partial charge in [-0.2, -0.15) is 0 Å². The minimum Gasteiger partial charge on any atom is -0.458 e. The minimum absolute atomic E-state index is 0.422. The van der Waals surface area contributed by atoms with E-state index in [1.165, 1.54) is 18.4 Å². The molecule has 2 nitrogen and oxygen atoms in total. The van der Waals surface area contributed by atoms with Gasteiger partial charge in [0, 0.05) is 17.0 Å². The summed E-state index contributed by atoms with van der Waals surface area (Å²) in [7, 11) is 0. The number of fused-ring (bicyclic) bond motifs is 1. The molecule has 1 aliphatic rings. The second-order valence-corrected chi connectivity index (χ2v) is 6.30. The van der Waals surface area contributed by atoms with Crippen LogP contribution in [0.3, 0.4) is 0 Å². The summed E-state index contributed by atoms with van der Waals surface area (Å²) in [5, 5.41) is 5.79. The molecular formula is C15H17Cl2NO. The van der Waals surface area contributed by atoms with E-state index in [1.807, 2.05) is 6.07 Å². The van der Waals surface area contributed by atoms with E-state index in [0.717, 1.165) is 28.3 Å². The van der Waals surface area contributed by atoms with Crippen LogP contribution in [-0.2, 0) is 6.54 Å². The quantitative estimate of drug-likeness (QED) is 0.848. The van der Waals surface area contributed by atoms with E-state index in [1.54, 1.807) is 6.07 Å². The standard InChI is InChI=1S/C15H17Cl2NO/c1-8(2)18-7-12-13(9-3-4-9)14-10(16)5-6-11(17)15(14)19-12/h5-6,8-9,18H,3-4,7H2,1-2H3. The van der Waals surface area contributed by atoms with Gasteiger partial charge in [-0.15, -0.1) is 0 Å². The van der Waals surface area contributed by atoms with Gasteiger partial charge in [0.05, 0.1) is 16.6 Å². The van der Waals surface area contributed by atoms with Gasteiger partial charge in [0.15, 0.2) is 5.58 Å². The Morgan fingerprint density at radius 1 is 1.26 bits per heavy atom. The maximum absolute atomic E-state index is 6.34. The first-order valence-electron chi connectivity index (χ1n) is 6.70. The topological polar surface area (TPSA) is 25.2 Å². The van der Waals surface area contributed by atoms with Crippen molar-refractivity contribution in [3.63, 3.8) is 0 Å². The average molecular weight is 298 g/mol. The van der Waals surface area contributed by atoms with Crippen molar-refractivity contribution in [2.24, 2.45) is 0 Å². The summed E-state index contributed by atoms with van der Waals surface area (Å²) < 4.78 is 5.98. The number of halogens is 2. The molecule has 0 amide bonds. The third-order valence-corrected chi connectivity index (χ3v) is 4.12. The molecule has 0 radical (unpaired) electrons. The fraction of sp³-hybridized carbons (Fsp3) is 0.467.